The number of aliphatic hydroxyl groups is 1. The van der Waals surface area contributed by atoms with E-state index in [4.69, 9.17) is 4.74 Å². The molecule has 0 unspecified atom stereocenters. The minimum atomic E-state index is -0.775. The number of carbonyl (C=O) groups excluding carboxylic acids is 1. The van der Waals surface area contributed by atoms with Gasteiger partial charge in [0.05, 0.1) is 18.6 Å². The Kier molecular flexibility index (Phi) is 5.23. The second-order valence-corrected chi connectivity index (χ2v) is 6.09. The van der Waals surface area contributed by atoms with Crippen LogP contribution in [0, 0.1) is 6.92 Å². The number of hydrogen-bond donors (Lipinski definition) is 1. The van der Waals surface area contributed by atoms with E-state index in [2.05, 4.69) is 0 Å². The van der Waals surface area contributed by atoms with E-state index >= 15 is 0 Å². The van der Waals surface area contributed by atoms with Gasteiger partial charge in [0.15, 0.2) is 0 Å². The van der Waals surface area contributed by atoms with Crippen molar-refractivity contribution in [3.05, 3.63) is 29.8 Å². The largest absolute Gasteiger partial charge is 0.492 e. The fourth-order valence-electron chi connectivity index (χ4n) is 2.76. The van der Waals surface area contributed by atoms with E-state index in [1.54, 1.807) is 11.9 Å². The first-order valence-corrected chi connectivity index (χ1v) is 7.64. The molecule has 1 aliphatic rings. The van der Waals surface area contributed by atoms with Gasteiger partial charge in [0, 0.05) is 7.05 Å². The average Bonchev–Trinajstić information content (AvgIpc) is 2.85. The van der Waals surface area contributed by atoms with E-state index in [1.807, 2.05) is 31.2 Å². The highest BCUT2D eigenvalue weighted by Gasteiger charge is 2.34. The first-order chi connectivity index (χ1) is 9.98. The van der Waals surface area contributed by atoms with Crippen molar-refractivity contribution >= 4 is 5.91 Å². The lowest BCUT2D eigenvalue weighted by atomic mass is 9.97. The molecule has 1 aromatic carbocycles. The summed E-state index contributed by atoms with van der Waals surface area (Å²) in [4.78, 5) is 13.8. The molecule has 0 aliphatic heterocycles. The van der Waals surface area contributed by atoms with Crippen LogP contribution in [0.15, 0.2) is 24.3 Å². The van der Waals surface area contributed by atoms with Gasteiger partial charge < -0.3 is 14.7 Å². The lowest BCUT2D eigenvalue weighted by Crippen LogP contribution is -2.37. The zero-order chi connectivity index (χ0) is 15.3. The van der Waals surface area contributed by atoms with E-state index in [1.165, 1.54) is 0 Å². The number of benzene rings is 1. The Balaban J connectivity index is 1.73. The number of aryl methyl sites for hydroxylation is 1. The molecule has 1 fully saturated rings. The smallest absolute Gasteiger partial charge is 0.225 e. The Morgan fingerprint density at radius 1 is 1.38 bits per heavy atom. The molecule has 1 aromatic rings. The molecule has 2 rings (SSSR count). The molecule has 1 N–H and O–H groups in total. The summed E-state index contributed by atoms with van der Waals surface area (Å²) < 4.78 is 5.65. The SMILES string of the molecule is Cc1cccc(OCCN(C)C(=O)CC2(O)CCCC2)c1. The molecule has 21 heavy (non-hydrogen) atoms. The third kappa shape index (κ3) is 4.74. The van der Waals surface area contributed by atoms with Crippen LogP contribution in [0.3, 0.4) is 0 Å². The lowest BCUT2D eigenvalue weighted by Gasteiger charge is -2.25. The Hall–Kier alpha value is -1.55. The van der Waals surface area contributed by atoms with Crippen molar-refractivity contribution in [1.82, 2.24) is 4.90 Å². The number of carbonyl (C=O) groups is 1. The summed E-state index contributed by atoms with van der Waals surface area (Å²) in [7, 11) is 1.76. The van der Waals surface area contributed by atoms with Crippen LogP contribution in [0.5, 0.6) is 5.75 Å². The van der Waals surface area contributed by atoms with Gasteiger partial charge in [-0.25, -0.2) is 0 Å². The van der Waals surface area contributed by atoms with Crippen molar-refractivity contribution in [2.75, 3.05) is 20.2 Å². The van der Waals surface area contributed by atoms with Gasteiger partial charge in [-0.2, -0.15) is 0 Å². The van der Waals surface area contributed by atoms with Crippen molar-refractivity contribution in [2.45, 2.75) is 44.6 Å². The molecule has 4 nitrogen and oxygen atoms in total. The molecule has 4 heteroatoms. The molecule has 0 bridgehead atoms. The monoisotopic (exact) mass is 291 g/mol. The summed E-state index contributed by atoms with van der Waals surface area (Å²) in [5.74, 6) is 0.817. The number of likely N-dealkylation sites (N-methyl/N-ethyl adjacent to an activating group) is 1. The van der Waals surface area contributed by atoms with E-state index in [9.17, 15) is 9.90 Å². The Bertz CT molecular complexity index is 481. The van der Waals surface area contributed by atoms with Crippen molar-refractivity contribution in [3.63, 3.8) is 0 Å². The van der Waals surface area contributed by atoms with Crippen LogP contribution in [0.1, 0.15) is 37.7 Å². The Morgan fingerprint density at radius 3 is 2.76 bits per heavy atom. The van der Waals surface area contributed by atoms with Gasteiger partial charge >= 0.3 is 0 Å². The van der Waals surface area contributed by atoms with Crippen LogP contribution in [-0.2, 0) is 4.79 Å². The van der Waals surface area contributed by atoms with E-state index in [-0.39, 0.29) is 12.3 Å². The quantitative estimate of drug-likeness (QED) is 0.876. The highest BCUT2D eigenvalue weighted by molar-refractivity contribution is 5.77. The maximum Gasteiger partial charge on any atom is 0.225 e. The van der Waals surface area contributed by atoms with E-state index < -0.39 is 5.60 Å². The van der Waals surface area contributed by atoms with E-state index in [0.29, 0.717) is 13.2 Å². The third-order valence-corrected chi connectivity index (χ3v) is 4.13. The molecule has 1 amide bonds. The summed E-state index contributed by atoms with van der Waals surface area (Å²) in [5, 5.41) is 10.3. The fraction of sp³-hybridized carbons (Fsp3) is 0.588. The minimum absolute atomic E-state index is 0.00718. The van der Waals surface area contributed by atoms with E-state index in [0.717, 1.165) is 37.0 Å². The predicted molar refractivity (Wildman–Crippen MR) is 82.3 cm³/mol. The van der Waals surface area contributed by atoms with Crippen LogP contribution < -0.4 is 4.74 Å². The molecule has 0 heterocycles. The maximum atomic E-state index is 12.1. The molecular weight excluding hydrogens is 266 g/mol. The molecule has 0 spiro atoms. The van der Waals surface area contributed by atoms with Gasteiger partial charge in [0.25, 0.3) is 0 Å². The normalized spacial score (nSPS) is 16.7. The number of ether oxygens (including phenoxy) is 1. The third-order valence-electron chi connectivity index (χ3n) is 4.13. The number of rotatable bonds is 6. The van der Waals surface area contributed by atoms with Gasteiger partial charge in [-0.05, 0) is 37.5 Å². The second kappa shape index (κ2) is 6.94. The van der Waals surface area contributed by atoms with Crippen molar-refractivity contribution in [3.8, 4) is 5.75 Å². The molecule has 1 aliphatic carbocycles. The topological polar surface area (TPSA) is 49.8 Å². The van der Waals surface area contributed by atoms with Crippen molar-refractivity contribution < 1.29 is 14.6 Å². The maximum absolute atomic E-state index is 12.1. The van der Waals surface area contributed by atoms with Gasteiger partial charge in [0.1, 0.15) is 12.4 Å². The summed E-state index contributed by atoms with van der Waals surface area (Å²) in [6.07, 6.45) is 3.75. The molecular formula is C17H25NO3. The first kappa shape index (κ1) is 15.8. The standard InChI is InChI=1S/C17H25NO3/c1-14-6-5-7-15(12-14)21-11-10-18(2)16(19)13-17(20)8-3-4-9-17/h5-7,12,20H,3-4,8-11,13H2,1-2H3. The molecule has 116 valence electrons. The highest BCUT2D eigenvalue weighted by Crippen LogP contribution is 2.32. The predicted octanol–water partition coefficient (Wildman–Crippen LogP) is 2.53. The highest BCUT2D eigenvalue weighted by atomic mass is 16.5. The lowest BCUT2D eigenvalue weighted by molar-refractivity contribution is -0.135. The van der Waals surface area contributed by atoms with Gasteiger partial charge in [-0.15, -0.1) is 0 Å². The fourth-order valence-corrected chi connectivity index (χ4v) is 2.76. The van der Waals surface area contributed by atoms with Crippen molar-refractivity contribution in [2.24, 2.45) is 0 Å². The van der Waals surface area contributed by atoms with Crippen molar-refractivity contribution in [1.29, 1.82) is 0 Å². The number of nitrogens with zero attached hydrogens (tertiary/aromatic N) is 1. The minimum Gasteiger partial charge on any atom is -0.492 e. The Labute approximate surface area is 126 Å². The van der Waals surface area contributed by atoms with Crippen LogP contribution >= 0.6 is 0 Å². The van der Waals surface area contributed by atoms with Gasteiger partial charge in [0.2, 0.25) is 5.91 Å². The second-order valence-electron chi connectivity index (χ2n) is 6.09. The average molecular weight is 291 g/mol. The summed E-state index contributed by atoms with van der Waals surface area (Å²) >= 11 is 0. The zero-order valence-corrected chi connectivity index (χ0v) is 13.0. The summed E-state index contributed by atoms with van der Waals surface area (Å²) in [6.45, 7) is 3.01. The van der Waals surface area contributed by atoms with Crippen LogP contribution in [-0.4, -0.2) is 41.7 Å². The zero-order valence-electron chi connectivity index (χ0n) is 13.0. The van der Waals surface area contributed by atoms with Crippen LogP contribution in [0.4, 0.5) is 0 Å². The first-order valence-electron chi connectivity index (χ1n) is 7.64. The van der Waals surface area contributed by atoms with Crippen LogP contribution in [0.2, 0.25) is 0 Å². The summed E-state index contributed by atoms with van der Waals surface area (Å²) in [6, 6.07) is 7.86. The Morgan fingerprint density at radius 2 is 2.10 bits per heavy atom. The van der Waals surface area contributed by atoms with Gasteiger partial charge in [-0.1, -0.05) is 25.0 Å². The number of hydrogen-bond acceptors (Lipinski definition) is 3. The molecule has 0 atom stereocenters. The molecule has 0 aromatic heterocycles. The molecule has 0 radical (unpaired) electrons. The molecule has 0 saturated heterocycles. The van der Waals surface area contributed by atoms with Crippen LogP contribution in [0.25, 0.3) is 0 Å². The van der Waals surface area contributed by atoms with Gasteiger partial charge in [-0.3, -0.25) is 4.79 Å². The number of amides is 1. The summed E-state index contributed by atoms with van der Waals surface area (Å²) in [5.41, 5.74) is 0.378. The molecule has 1 saturated carbocycles.